The van der Waals surface area contributed by atoms with Gasteiger partial charge in [-0.05, 0) is 43.5 Å². The first-order valence-electron chi connectivity index (χ1n) is 7.17. The van der Waals surface area contributed by atoms with Crippen LogP contribution in [0, 0.1) is 0 Å². The van der Waals surface area contributed by atoms with Gasteiger partial charge in [-0.3, -0.25) is 0 Å². The maximum Gasteiger partial charge on any atom is 0.326 e. The third kappa shape index (κ3) is 6.45. The number of methoxy groups -OCH3 is 1. The van der Waals surface area contributed by atoms with Crippen LogP contribution >= 0.6 is 0 Å². The highest BCUT2D eigenvalue weighted by Crippen LogP contribution is 2.10. The number of ether oxygens (including phenoxy) is 1. The van der Waals surface area contributed by atoms with E-state index in [9.17, 15) is 9.59 Å². The number of unbranched alkanes of at least 4 members (excludes halogenated alkanes) is 1. The standard InChI is InChI=1S/C15H23N3O4/c1-22-12-7-5-11(6-8-12)10-17-15(21)18-13(14(19)20)4-2-3-9-16/h5-8,13H,2-4,9-10,16H2,1H3,(H,19,20)(H2,17,18,21). The van der Waals surface area contributed by atoms with Crippen LogP contribution in [0.15, 0.2) is 24.3 Å². The molecule has 0 aliphatic heterocycles. The highest BCUT2D eigenvalue weighted by atomic mass is 16.5. The fourth-order valence-corrected chi connectivity index (χ4v) is 1.89. The van der Waals surface area contributed by atoms with Crippen LogP contribution in [0.1, 0.15) is 24.8 Å². The van der Waals surface area contributed by atoms with E-state index < -0.39 is 18.0 Å². The summed E-state index contributed by atoms with van der Waals surface area (Å²) in [5, 5.41) is 14.2. The average molecular weight is 309 g/mol. The Morgan fingerprint density at radius 1 is 1.27 bits per heavy atom. The van der Waals surface area contributed by atoms with Crippen LogP contribution in [0.4, 0.5) is 4.79 Å². The predicted octanol–water partition coefficient (Wildman–Crippen LogP) is 1.08. The molecule has 7 heteroatoms. The molecule has 0 aliphatic rings. The number of nitrogens with one attached hydrogen (secondary N) is 2. The van der Waals surface area contributed by atoms with Crippen LogP contribution < -0.4 is 21.1 Å². The van der Waals surface area contributed by atoms with Crippen molar-refractivity contribution in [3.8, 4) is 5.75 Å². The first kappa shape index (κ1) is 17.8. The van der Waals surface area contributed by atoms with Gasteiger partial charge in [-0.2, -0.15) is 0 Å². The number of benzene rings is 1. The second-order valence-electron chi connectivity index (χ2n) is 4.85. The number of urea groups is 1. The van der Waals surface area contributed by atoms with E-state index in [0.717, 1.165) is 17.7 Å². The maximum atomic E-state index is 11.8. The molecule has 0 aromatic heterocycles. The summed E-state index contributed by atoms with van der Waals surface area (Å²) in [6.07, 6.45) is 1.76. The van der Waals surface area contributed by atoms with Gasteiger partial charge in [-0.25, -0.2) is 9.59 Å². The summed E-state index contributed by atoms with van der Waals surface area (Å²) in [5.74, 6) is -0.310. The normalized spacial score (nSPS) is 11.5. The first-order chi connectivity index (χ1) is 10.6. The second-order valence-corrected chi connectivity index (χ2v) is 4.85. The van der Waals surface area contributed by atoms with Crippen LogP contribution in [0.3, 0.4) is 0 Å². The molecule has 0 fully saturated rings. The lowest BCUT2D eigenvalue weighted by Crippen LogP contribution is -2.45. The monoisotopic (exact) mass is 309 g/mol. The summed E-state index contributed by atoms with van der Waals surface area (Å²) in [4.78, 5) is 22.8. The Labute approximate surface area is 129 Å². The van der Waals surface area contributed by atoms with E-state index in [1.807, 2.05) is 12.1 Å². The fourth-order valence-electron chi connectivity index (χ4n) is 1.89. The zero-order valence-corrected chi connectivity index (χ0v) is 12.7. The van der Waals surface area contributed by atoms with Gasteiger partial charge >= 0.3 is 12.0 Å². The van der Waals surface area contributed by atoms with Gasteiger partial charge in [0.2, 0.25) is 0 Å². The lowest BCUT2D eigenvalue weighted by Gasteiger charge is -2.15. The molecule has 0 spiro atoms. The van der Waals surface area contributed by atoms with Crippen molar-refractivity contribution >= 4 is 12.0 Å². The molecule has 0 heterocycles. The summed E-state index contributed by atoms with van der Waals surface area (Å²) in [5.41, 5.74) is 6.26. The Kier molecular flexibility index (Phi) is 7.77. The molecule has 22 heavy (non-hydrogen) atoms. The van der Waals surface area contributed by atoms with E-state index >= 15 is 0 Å². The molecular formula is C15H23N3O4. The van der Waals surface area contributed by atoms with Crippen molar-refractivity contribution in [2.24, 2.45) is 5.73 Å². The largest absolute Gasteiger partial charge is 0.497 e. The number of amides is 2. The summed E-state index contributed by atoms with van der Waals surface area (Å²) < 4.78 is 5.05. The van der Waals surface area contributed by atoms with Gasteiger partial charge in [0.15, 0.2) is 0 Å². The molecule has 1 rings (SSSR count). The van der Waals surface area contributed by atoms with Crippen LogP contribution in [-0.4, -0.2) is 36.8 Å². The van der Waals surface area contributed by atoms with Crippen molar-refractivity contribution in [2.45, 2.75) is 31.8 Å². The highest BCUT2D eigenvalue weighted by molar-refractivity contribution is 5.82. The van der Waals surface area contributed by atoms with E-state index in [-0.39, 0.29) is 0 Å². The molecule has 7 nitrogen and oxygen atoms in total. The SMILES string of the molecule is COc1ccc(CNC(=O)NC(CCCCN)C(=O)O)cc1. The van der Waals surface area contributed by atoms with Gasteiger partial charge in [0.1, 0.15) is 11.8 Å². The van der Waals surface area contributed by atoms with Gasteiger partial charge in [0.05, 0.1) is 7.11 Å². The minimum absolute atomic E-state index is 0.310. The van der Waals surface area contributed by atoms with Gasteiger partial charge in [-0.15, -0.1) is 0 Å². The number of carboxylic acids is 1. The van der Waals surface area contributed by atoms with Crippen molar-refractivity contribution in [3.05, 3.63) is 29.8 Å². The number of carboxylic acid groups (broad SMARTS) is 1. The van der Waals surface area contributed by atoms with Crippen LogP contribution in [0.5, 0.6) is 5.75 Å². The summed E-state index contributed by atoms with van der Waals surface area (Å²) in [6.45, 7) is 0.820. The molecule has 0 saturated carbocycles. The Balaban J connectivity index is 2.40. The number of hydrogen-bond donors (Lipinski definition) is 4. The number of hydrogen-bond acceptors (Lipinski definition) is 4. The molecule has 0 bridgehead atoms. The summed E-state index contributed by atoms with van der Waals surface area (Å²) >= 11 is 0. The maximum absolute atomic E-state index is 11.8. The van der Waals surface area contributed by atoms with Gasteiger partial charge in [0.25, 0.3) is 0 Å². The molecule has 0 aliphatic carbocycles. The molecule has 5 N–H and O–H groups in total. The van der Waals surface area contributed by atoms with Gasteiger partial charge in [0, 0.05) is 6.54 Å². The highest BCUT2D eigenvalue weighted by Gasteiger charge is 2.18. The minimum atomic E-state index is -1.04. The molecule has 1 aromatic carbocycles. The third-order valence-electron chi connectivity index (χ3n) is 3.16. The zero-order chi connectivity index (χ0) is 16.4. The number of carbonyl (C=O) groups is 2. The first-order valence-corrected chi connectivity index (χ1v) is 7.17. The van der Waals surface area contributed by atoms with Crippen LogP contribution in [-0.2, 0) is 11.3 Å². The van der Waals surface area contributed by atoms with Crippen molar-refractivity contribution in [2.75, 3.05) is 13.7 Å². The van der Waals surface area contributed by atoms with Crippen molar-refractivity contribution in [1.82, 2.24) is 10.6 Å². The van der Waals surface area contributed by atoms with Crippen molar-refractivity contribution < 1.29 is 19.4 Å². The Bertz CT molecular complexity index is 476. The van der Waals surface area contributed by atoms with Crippen molar-refractivity contribution in [1.29, 1.82) is 0 Å². The van der Waals surface area contributed by atoms with Gasteiger partial charge in [-0.1, -0.05) is 12.1 Å². The zero-order valence-electron chi connectivity index (χ0n) is 12.7. The van der Waals surface area contributed by atoms with E-state index in [1.54, 1.807) is 19.2 Å². The van der Waals surface area contributed by atoms with E-state index in [4.69, 9.17) is 15.6 Å². The van der Waals surface area contributed by atoms with Crippen molar-refractivity contribution in [3.63, 3.8) is 0 Å². The fraction of sp³-hybridized carbons (Fsp3) is 0.467. The Morgan fingerprint density at radius 2 is 1.95 bits per heavy atom. The topological polar surface area (TPSA) is 114 Å². The average Bonchev–Trinajstić information content (AvgIpc) is 2.52. The summed E-state index contributed by atoms with van der Waals surface area (Å²) in [7, 11) is 1.58. The number of nitrogens with two attached hydrogens (primary N) is 1. The van der Waals surface area contributed by atoms with E-state index in [1.165, 1.54) is 0 Å². The lowest BCUT2D eigenvalue weighted by atomic mass is 10.1. The molecule has 2 amide bonds. The molecule has 1 aromatic rings. The quantitative estimate of drug-likeness (QED) is 0.510. The molecule has 1 unspecified atom stereocenters. The summed E-state index contributed by atoms with van der Waals surface area (Å²) in [6, 6.07) is 5.84. The lowest BCUT2D eigenvalue weighted by molar-refractivity contribution is -0.139. The predicted molar refractivity (Wildman–Crippen MR) is 82.7 cm³/mol. The van der Waals surface area contributed by atoms with Crippen LogP contribution in [0.25, 0.3) is 0 Å². The molecule has 0 saturated heterocycles. The third-order valence-corrected chi connectivity index (χ3v) is 3.16. The molecular weight excluding hydrogens is 286 g/mol. The van der Waals surface area contributed by atoms with E-state index in [2.05, 4.69) is 10.6 Å². The number of aliphatic carboxylic acids is 1. The Hall–Kier alpha value is -2.28. The minimum Gasteiger partial charge on any atom is -0.497 e. The Morgan fingerprint density at radius 3 is 2.50 bits per heavy atom. The second kappa shape index (κ2) is 9.62. The number of rotatable bonds is 9. The molecule has 0 radical (unpaired) electrons. The molecule has 122 valence electrons. The van der Waals surface area contributed by atoms with Crippen LogP contribution in [0.2, 0.25) is 0 Å². The van der Waals surface area contributed by atoms with Gasteiger partial charge < -0.3 is 26.2 Å². The molecule has 1 atom stereocenters. The smallest absolute Gasteiger partial charge is 0.326 e. The van der Waals surface area contributed by atoms with E-state index in [0.29, 0.717) is 25.9 Å². The number of carbonyl (C=O) groups excluding carboxylic acids is 1.